The van der Waals surface area contributed by atoms with Crippen LogP contribution in [0.4, 0.5) is 10.1 Å². The van der Waals surface area contributed by atoms with Crippen molar-refractivity contribution in [1.29, 1.82) is 0 Å². The molecule has 2 aromatic carbocycles. The summed E-state index contributed by atoms with van der Waals surface area (Å²) < 4.78 is 13.9. The quantitative estimate of drug-likeness (QED) is 0.795. The lowest BCUT2D eigenvalue weighted by molar-refractivity contribution is -0.126. The van der Waals surface area contributed by atoms with Crippen molar-refractivity contribution in [3.8, 4) is 0 Å². The highest BCUT2D eigenvalue weighted by atomic mass is 19.1. The second-order valence-corrected chi connectivity index (χ2v) is 6.46. The number of amides is 1. The van der Waals surface area contributed by atoms with Crippen LogP contribution < -0.4 is 4.90 Å². The van der Waals surface area contributed by atoms with E-state index in [1.165, 1.54) is 11.6 Å². The Balaban J connectivity index is 1.60. The van der Waals surface area contributed by atoms with Gasteiger partial charge in [-0.05, 0) is 43.2 Å². The molecule has 0 radical (unpaired) electrons. The highest BCUT2D eigenvalue weighted by Gasteiger charge is 2.21. The van der Waals surface area contributed by atoms with Gasteiger partial charge in [0.25, 0.3) is 0 Å². The number of carbonyl (C=O) groups excluding carboxylic acids is 1. The highest BCUT2D eigenvalue weighted by Crippen LogP contribution is 2.20. The predicted molar refractivity (Wildman–Crippen MR) is 100 cm³/mol. The summed E-state index contributed by atoms with van der Waals surface area (Å²) in [7, 11) is 0. The van der Waals surface area contributed by atoms with E-state index in [1.54, 1.807) is 18.2 Å². The number of nitrogens with zero attached hydrogens (tertiary/aromatic N) is 2. The van der Waals surface area contributed by atoms with E-state index in [0.717, 1.165) is 11.1 Å². The second kappa shape index (κ2) is 7.51. The molecule has 1 saturated heterocycles. The van der Waals surface area contributed by atoms with Crippen LogP contribution in [0.25, 0.3) is 6.08 Å². The zero-order valence-electron chi connectivity index (χ0n) is 14.7. The maximum absolute atomic E-state index is 13.9. The van der Waals surface area contributed by atoms with E-state index >= 15 is 0 Å². The zero-order chi connectivity index (χ0) is 17.8. The lowest BCUT2D eigenvalue weighted by Crippen LogP contribution is -2.48. The molecule has 4 heteroatoms. The van der Waals surface area contributed by atoms with Gasteiger partial charge in [-0.3, -0.25) is 4.79 Å². The monoisotopic (exact) mass is 338 g/mol. The third-order valence-electron chi connectivity index (χ3n) is 4.62. The first-order chi connectivity index (χ1) is 12.0. The van der Waals surface area contributed by atoms with Crippen LogP contribution in [-0.4, -0.2) is 37.0 Å². The van der Waals surface area contributed by atoms with Crippen molar-refractivity contribution in [3.63, 3.8) is 0 Å². The van der Waals surface area contributed by atoms with E-state index in [1.807, 2.05) is 41.0 Å². The Morgan fingerprint density at radius 3 is 2.44 bits per heavy atom. The molecule has 0 N–H and O–H groups in total. The van der Waals surface area contributed by atoms with E-state index in [0.29, 0.717) is 31.9 Å². The molecule has 1 heterocycles. The van der Waals surface area contributed by atoms with Crippen molar-refractivity contribution in [2.24, 2.45) is 0 Å². The lowest BCUT2D eigenvalue weighted by Gasteiger charge is -2.35. The molecule has 25 heavy (non-hydrogen) atoms. The summed E-state index contributed by atoms with van der Waals surface area (Å²) in [5.41, 5.74) is 4.04. The van der Waals surface area contributed by atoms with E-state index < -0.39 is 0 Å². The standard InChI is InChI=1S/C21H23FN2O/c1-16-7-8-18(17(2)15-16)9-10-21(25)24-13-11-23(12-14-24)20-6-4-3-5-19(20)22/h3-10,15H,11-14H2,1-2H3/b10-9+. The molecule has 3 rings (SSSR count). The Hall–Kier alpha value is -2.62. The number of hydrogen-bond donors (Lipinski definition) is 0. The van der Waals surface area contributed by atoms with Gasteiger partial charge in [-0.2, -0.15) is 0 Å². The zero-order valence-corrected chi connectivity index (χ0v) is 14.7. The van der Waals surface area contributed by atoms with Gasteiger partial charge in [0.05, 0.1) is 5.69 Å². The Labute approximate surface area is 148 Å². The third kappa shape index (κ3) is 4.08. The summed E-state index contributed by atoms with van der Waals surface area (Å²) in [6.45, 7) is 6.59. The van der Waals surface area contributed by atoms with Crippen molar-refractivity contribution in [3.05, 3.63) is 71.0 Å². The average Bonchev–Trinajstić information content (AvgIpc) is 2.61. The number of aryl methyl sites for hydroxylation is 2. The fourth-order valence-electron chi connectivity index (χ4n) is 3.16. The first-order valence-electron chi connectivity index (χ1n) is 8.58. The minimum Gasteiger partial charge on any atom is -0.366 e. The maximum Gasteiger partial charge on any atom is 0.246 e. The molecule has 130 valence electrons. The smallest absolute Gasteiger partial charge is 0.246 e. The Morgan fingerprint density at radius 2 is 1.76 bits per heavy atom. The number of hydrogen-bond acceptors (Lipinski definition) is 2. The van der Waals surface area contributed by atoms with Crippen LogP contribution in [0.3, 0.4) is 0 Å². The summed E-state index contributed by atoms with van der Waals surface area (Å²) in [6, 6.07) is 13.0. The van der Waals surface area contributed by atoms with Crippen LogP contribution in [0.5, 0.6) is 0 Å². The molecule has 0 unspecified atom stereocenters. The summed E-state index contributed by atoms with van der Waals surface area (Å²) in [4.78, 5) is 16.2. The van der Waals surface area contributed by atoms with Gasteiger partial charge in [0.1, 0.15) is 5.82 Å². The summed E-state index contributed by atoms with van der Waals surface area (Å²) in [5, 5.41) is 0. The largest absolute Gasteiger partial charge is 0.366 e. The Morgan fingerprint density at radius 1 is 1.04 bits per heavy atom. The van der Waals surface area contributed by atoms with Crippen molar-refractivity contribution in [2.75, 3.05) is 31.1 Å². The van der Waals surface area contributed by atoms with Gasteiger partial charge in [-0.1, -0.05) is 35.9 Å². The molecule has 2 aromatic rings. The average molecular weight is 338 g/mol. The number of benzene rings is 2. The third-order valence-corrected chi connectivity index (χ3v) is 4.62. The summed E-state index contributed by atoms with van der Waals surface area (Å²) in [6.07, 6.45) is 3.51. The van der Waals surface area contributed by atoms with Crippen LogP contribution >= 0.6 is 0 Å². The molecule has 1 amide bonds. The van der Waals surface area contributed by atoms with Crippen LogP contribution in [0, 0.1) is 19.7 Å². The number of rotatable bonds is 3. The van der Waals surface area contributed by atoms with Gasteiger partial charge in [-0.25, -0.2) is 4.39 Å². The molecule has 0 bridgehead atoms. The molecule has 3 nitrogen and oxygen atoms in total. The van der Waals surface area contributed by atoms with Crippen LogP contribution in [-0.2, 0) is 4.79 Å². The summed E-state index contributed by atoms with van der Waals surface area (Å²) in [5.74, 6) is -0.204. The molecule has 1 aliphatic heterocycles. The van der Waals surface area contributed by atoms with E-state index in [-0.39, 0.29) is 11.7 Å². The highest BCUT2D eigenvalue weighted by molar-refractivity contribution is 5.92. The summed E-state index contributed by atoms with van der Waals surface area (Å²) >= 11 is 0. The van der Waals surface area contributed by atoms with Gasteiger partial charge < -0.3 is 9.80 Å². The molecule has 1 aliphatic rings. The molecule has 0 aliphatic carbocycles. The van der Waals surface area contributed by atoms with Gasteiger partial charge in [0.15, 0.2) is 0 Å². The lowest BCUT2D eigenvalue weighted by atomic mass is 10.1. The van der Waals surface area contributed by atoms with E-state index in [9.17, 15) is 9.18 Å². The topological polar surface area (TPSA) is 23.6 Å². The number of anilines is 1. The SMILES string of the molecule is Cc1ccc(/C=C/C(=O)N2CCN(c3ccccc3F)CC2)c(C)c1. The fraction of sp³-hybridized carbons (Fsp3) is 0.286. The van der Waals surface area contributed by atoms with Crippen LogP contribution in [0.2, 0.25) is 0 Å². The van der Waals surface area contributed by atoms with Gasteiger partial charge in [-0.15, -0.1) is 0 Å². The van der Waals surface area contributed by atoms with Crippen molar-refractivity contribution in [1.82, 2.24) is 4.90 Å². The van der Waals surface area contributed by atoms with Crippen molar-refractivity contribution >= 4 is 17.7 Å². The van der Waals surface area contributed by atoms with Crippen molar-refractivity contribution < 1.29 is 9.18 Å². The van der Waals surface area contributed by atoms with Gasteiger partial charge in [0, 0.05) is 32.3 Å². The first kappa shape index (κ1) is 17.2. The minimum atomic E-state index is -0.211. The second-order valence-electron chi connectivity index (χ2n) is 6.46. The number of halogens is 1. The normalized spacial score (nSPS) is 15.0. The fourth-order valence-corrected chi connectivity index (χ4v) is 3.16. The Bertz CT molecular complexity index is 792. The Kier molecular flexibility index (Phi) is 5.17. The number of para-hydroxylation sites is 1. The predicted octanol–water partition coefficient (Wildman–Crippen LogP) is 3.80. The minimum absolute atomic E-state index is 0.00755. The molecular weight excluding hydrogens is 315 g/mol. The first-order valence-corrected chi connectivity index (χ1v) is 8.58. The molecule has 0 saturated carbocycles. The number of piperazine rings is 1. The number of carbonyl (C=O) groups is 1. The van der Waals surface area contributed by atoms with Crippen molar-refractivity contribution in [2.45, 2.75) is 13.8 Å². The van der Waals surface area contributed by atoms with E-state index in [2.05, 4.69) is 13.0 Å². The molecule has 0 aromatic heterocycles. The maximum atomic E-state index is 13.9. The van der Waals surface area contributed by atoms with Crippen LogP contribution in [0.1, 0.15) is 16.7 Å². The van der Waals surface area contributed by atoms with Gasteiger partial charge >= 0.3 is 0 Å². The molecule has 1 fully saturated rings. The van der Waals surface area contributed by atoms with Gasteiger partial charge in [0.2, 0.25) is 5.91 Å². The molecule has 0 atom stereocenters. The molecular formula is C21H23FN2O. The molecule has 0 spiro atoms. The van der Waals surface area contributed by atoms with E-state index in [4.69, 9.17) is 0 Å². The van der Waals surface area contributed by atoms with Crippen LogP contribution in [0.15, 0.2) is 48.5 Å².